The highest BCUT2D eigenvalue weighted by atomic mass is 16.1. The fraction of sp³-hybridized carbons (Fsp3) is 0.167. The minimum atomic E-state index is -0.172. The van der Waals surface area contributed by atoms with E-state index in [2.05, 4.69) is 10.2 Å². The van der Waals surface area contributed by atoms with Gasteiger partial charge in [-0.3, -0.25) is 9.89 Å². The average Bonchev–Trinajstić information content (AvgIpc) is 2.33. The zero-order valence-corrected chi connectivity index (χ0v) is 5.38. The van der Waals surface area contributed by atoms with Gasteiger partial charge in [0.25, 0.3) is 0 Å². The highest BCUT2D eigenvalue weighted by Gasteiger charge is 2.07. The van der Waals surface area contributed by atoms with E-state index in [1.807, 2.05) is 6.07 Å². The van der Waals surface area contributed by atoms with Crippen molar-refractivity contribution in [2.75, 3.05) is 0 Å². The van der Waals surface area contributed by atoms with E-state index in [-0.39, 0.29) is 11.5 Å². The lowest BCUT2D eigenvalue weighted by Crippen LogP contribution is -1.94. The predicted octanol–water partition coefficient (Wildman–Crippen LogP) is 0.484. The third-order valence-corrected chi connectivity index (χ3v) is 1.11. The highest BCUT2D eigenvalue weighted by Crippen LogP contribution is 2.01. The molecule has 0 unspecified atom stereocenters. The van der Waals surface area contributed by atoms with Gasteiger partial charge in [-0.2, -0.15) is 10.4 Å². The summed E-state index contributed by atoms with van der Waals surface area (Å²) in [6.07, 6.45) is 1.33. The second-order valence-electron chi connectivity index (χ2n) is 1.83. The van der Waals surface area contributed by atoms with Gasteiger partial charge in [-0.25, -0.2) is 0 Å². The molecular formula is C6H5N3O. The number of hydrogen-bond acceptors (Lipinski definition) is 3. The molecule has 0 spiro atoms. The summed E-state index contributed by atoms with van der Waals surface area (Å²) in [5.41, 5.74) is 0.579. The lowest BCUT2D eigenvalue weighted by atomic mass is 10.2. The maximum absolute atomic E-state index is 10.7. The van der Waals surface area contributed by atoms with Crippen LogP contribution in [0.2, 0.25) is 0 Å². The molecule has 4 nitrogen and oxygen atoms in total. The molecule has 0 aliphatic carbocycles. The Morgan fingerprint density at radius 1 is 1.90 bits per heavy atom. The first kappa shape index (κ1) is 6.49. The molecule has 0 fully saturated rings. The lowest BCUT2D eigenvalue weighted by Gasteiger charge is -1.84. The van der Waals surface area contributed by atoms with Crippen LogP contribution < -0.4 is 0 Å². The number of Topliss-reactive ketones (excluding diaryl/α,β-unsaturated/α-hetero) is 1. The van der Waals surface area contributed by atoms with Crippen molar-refractivity contribution in [2.24, 2.45) is 0 Å². The molecule has 0 saturated heterocycles. The van der Waals surface area contributed by atoms with Crippen LogP contribution in [0.15, 0.2) is 6.20 Å². The van der Waals surface area contributed by atoms with E-state index < -0.39 is 0 Å². The van der Waals surface area contributed by atoms with E-state index in [0.717, 1.165) is 0 Å². The van der Waals surface area contributed by atoms with Crippen LogP contribution >= 0.6 is 0 Å². The van der Waals surface area contributed by atoms with Gasteiger partial charge in [0, 0.05) is 6.92 Å². The van der Waals surface area contributed by atoms with Crippen LogP contribution in [-0.4, -0.2) is 16.0 Å². The Kier molecular flexibility index (Phi) is 1.50. The molecule has 0 aliphatic heterocycles. The largest absolute Gasteiger partial charge is 0.293 e. The molecule has 50 valence electrons. The molecule has 1 heterocycles. The second kappa shape index (κ2) is 2.31. The SMILES string of the molecule is CC(=O)c1[nH]ncc1C#N. The van der Waals surface area contributed by atoms with Crippen LogP contribution in [0.3, 0.4) is 0 Å². The summed E-state index contributed by atoms with van der Waals surface area (Å²) in [6.45, 7) is 1.38. The summed E-state index contributed by atoms with van der Waals surface area (Å²) >= 11 is 0. The monoisotopic (exact) mass is 135 g/mol. The van der Waals surface area contributed by atoms with Crippen LogP contribution in [0.1, 0.15) is 23.0 Å². The number of nitrogens with zero attached hydrogens (tertiary/aromatic N) is 2. The summed E-state index contributed by atoms with van der Waals surface area (Å²) in [7, 11) is 0. The number of H-pyrrole nitrogens is 1. The first-order chi connectivity index (χ1) is 4.75. The molecule has 0 atom stereocenters. The summed E-state index contributed by atoms with van der Waals surface area (Å²) < 4.78 is 0. The molecule has 0 radical (unpaired) electrons. The zero-order valence-electron chi connectivity index (χ0n) is 5.38. The fourth-order valence-electron chi connectivity index (χ4n) is 0.639. The van der Waals surface area contributed by atoms with Gasteiger partial charge in [-0.05, 0) is 0 Å². The van der Waals surface area contributed by atoms with Crippen molar-refractivity contribution in [3.63, 3.8) is 0 Å². The van der Waals surface area contributed by atoms with Crippen molar-refractivity contribution in [3.05, 3.63) is 17.5 Å². The topological polar surface area (TPSA) is 69.5 Å². The molecule has 10 heavy (non-hydrogen) atoms. The van der Waals surface area contributed by atoms with Crippen LogP contribution in [0.25, 0.3) is 0 Å². The molecule has 1 N–H and O–H groups in total. The van der Waals surface area contributed by atoms with E-state index >= 15 is 0 Å². The molecular weight excluding hydrogens is 130 g/mol. The van der Waals surface area contributed by atoms with Crippen molar-refractivity contribution in [1.29, 1.82) is 5.26 Å². The quantitative estimate of drug-likeness (QED) is 0.569. The summed E-state index contributed by atoms with van der Waals surface area (Å²) in [6, 6.07) is 1.84. The second-order valence-corrected chi connectivity index (χ2v) is 1.83. The van der Waals surface area contributed by atoms with Gasteiger partial charge in [-0.1, -0.05) is 0 Å². The Balaban J connectivity index is 3.17. The van der Waals surface area contributed by atoms with Gasteiger partial charge in [0.2, 0.25) is 0 Å². The van der Waals surface area contributed by atoms with Crippen molar-refractivity contribution >= 4 is 5.78 Å². The van der Waals surface area contributed by atoms with E-state index in [1.165, 1.54) is 13.1 Å². The van der Waals surface area contributed by atoms with E-state index in [4.69, 9.17) is 5.26 Å². The first-order valence-electron chi connectivity index (χ1n) is 2.70. The summed E-state index contributed by atoms with van der Waals surface area (Å²) in [5.74, 6) is -0.172. The predicted molar refractivity (Wildman–Crippen MR) is 33.3 cm³/mol. The van der Waals surface area contributed by atoms with Gasteiger partial charge >= 0.3 is 0 Å². The molecule has 4 heteroatoms. The van der Waals surface area contributed by atoms with Gasteiger partial charge in [0.1, 0.15) is 17.3 Å². The summed E-state index contributed by atoms with van der Waals surface area (Å²) in [4.78, 5) is 10.7. The van der Waals surface area contributed by atoms with Gasteiger partial charge in [0.05, 0.1) is 6.20 Å². The van der Waals surface area contributed by atoms with E-state index in [9.17, 15) is 4.79 Å². The fourth-order valence-corrected chi connectivity index (χ4v) is 0.639. The normalized spacial score (nSPS) is 8.80. The van der Waals surface area contributed by atoms with Crippen LogP contribution in [0.5, 0.6) is 0 Å². The van der Waals surface area contributed by atoms with E-state index in [1.54, 1.807) is 0 Å². The number of ketones is 1. The third-order valence-electron chi connectivity index (χ3n) is 1.11. The Morgan fingerprint density at radius 3 is 3.00 bits per heavy atom. The van der Waals surface area contributed by atoms with Crippen LogP contribution in [0, 0.1) is 11.3 Å². The molecule has 1 aromatic rings. The zero-order chi connectivity index (χ0) is 7.56. The molecule has 1 aromatic heterocycles. The van der Waals surface area contributed by atoms with E-state index in [0.29, 0.717) is 5.56 Å². The minimum absolute atomic E-state index is 0.172. The number of rotatable bonds is 1. The summed E-state index contributed by atoms with van der Waals surface area (Å²) in [5, 5.41) is 14.4. The van der Waals surface area contributed by atoms with Gasteiger partial charge in [0.15, 0.2) is 5.78 Å². The minimum Gasteiger partial charge on any atom is -0.293 e. The molecule has 0 amide bonds. The van der Waals surface area contributed by atoms with Crippen molar-refractivity contribution in [1.82, 2.24) is 10.2 Å². The number of carbonyl (C=O) groups excluding carboxylic acids is 1. The average molecular weight is 135 g/mol. The molecule has 1 rings (SSSR count). The van der Waals surface area contributed by atoms with Crippen LogP contribution in [0.4, 0.5) is 0 Å². The Morgan fingerprint density at radius 2 is 2.60 bits per heavy atom. The van der Waals surface area contributed by atoms with Crippen LogP contribution in [-0.2, 0) is 0 Å². The maximum atomic E-state index is 10.7. The smallest absolute Gasteiger partial charge is 0.178 e. The molecule has 0 aromatic carbocycles. The highest BCUT2D eigenvalue weighted by molar-refractivity contribution is 5.94. The van der Waals surface area contributed by atoms with Crippen molar-refractivity contribution in [2.45, 2.75) is 6.92 Å². The van der Waals surface area contributed by atoms with Gasteiger partial charge in [-0.15, -0.1) is 0 Å². The number of aromatic nitrogens is 2. The van der Waals surface area contributed by atoms with Gasteiger partial charge < -0.3 is 0 Å². The Bertz CT molecular complexity index is 294. The lowest BCUT2D eigenvalue weighted by molar-refractivity contribution is 0.101. The maximum Gasteiger partial charge on any atom is 0.178 e. The first-order valence-corrected chi connectivity index (χ1v) is 2.70. The molecule has 0 aliphatic rings. The Hall–Kier alpha value is -1.63. The van der Waals surface area contributed by atoms with Crippen molar-refractivity contribution in [3.8, 4) is 6.07 Å². The number of hydrogen-bond donors (Lipinski definition) is 1. The number of carbonyl (C=O) groups is 1. The van der Waals surface area contributed by atoms with Crippen molar-refractivity contribution < 1.29 is 4.79 Å². The number of nitrogens with one attached hydrogen (secondary N) is 1. The standard InChI is InChI=1S/C6H5N3O/c1-4(10)6-5(2-7)3-8-9-6/h3H,1H3,(H,8,9). The molecule has 0 bridgehead atoms. The number of nitriles is 1. The number of aromatic amines is 1. The molecule has 0 saturated carbocycles. The third kappa shape index (κ3) is 0.890. The Labute approximate surface area is 57.5 Å².